The van der Waals surface area contributed by atoms with Crippen LogP contribution in [0, 0.1) is 12.3 Å². The fourth-order valence-electron chi connectivity index (χ4n) is 5.22. The topological polar surface area (TPSA) is 54.0 Å². The number of allylic oxidation sites excluding steroid dienone is 1. The van der Waals surface area contributed by atoms with Crippen LogP contribution in [0.3, 0.4) is 0 Å². The predicted molar refractivity (Wildman–Crippen MR) is 141 cm³/mol. The highest BCUT2D eigenvalue weighted by Crippen LogP contribution is 2.50. The molecule has 170 valence electrons. The van der Waals surface area contributed by atoms with Crippen molar-refractivity contribution in [3.63, 3.8) is 0 Å². The monoisotopic (exact) mass is 438 g/mol. The Kier molecular flexibility index (Phi) is 7.05. The molecule has 0 amide bonds. The molecule has 1 fully saturated rings. The number of nitrogens with two attached hydrogens (primary N) is 1. The summed E-state index contributed by atoms with van der Waals surface area (Å²) in [6.45, 7) is 9.84. The molecule has 1 heterocycles. The van der Waals surface area contributed by atoms with Crippen molar-refractivity contribution in [1.29, 1.82) is 0 Å². The molecule has 0 saturated carbocycles. The highest BCUT2D eigenvalue weighted by molar-refractivity contribution is 5.94. The maximum absolute atomic E-state index is 6.73. The lowest BCUT2D eigenvalue weighted by atomic mass is 9.73. The third-order valence-corrected chi connectivity index (χ3v) is 7.19. The summed E-state index contributed by atoms with van der Waals surface area (Å²) >= 11 is 0. The van der Waals surface area contributed by atoms with Gasteiger partial charge in [0.05, 0.1) is 0 Å². The van der Waals surface area contributed by atoms with Crippen molar-refractivity contribution in [3.8, 4) is 0 Å². The first-order chi connectivity index (χ1) is 16.1. The van der Waals surface area contributed by atoms with E-state index in [-0.39, 0.29) is 11.5 Å². The van der Waals surface area contributed by atoms with Crippen LogP contribution >= 0.6 is 0 Å². The Morgan fingerprint density at radius 3 is 2.61 bits per heavy atom. The Bertz CT molecular complexity index is 1110. The summed E-state index contributed by atoms with van der Waals surface area (Å²) in [5.74, 6) is 0.903. The van der Waals surface area contributed by atoms with Gasteiger partial charge in [0, 0.05) is 37.7 Å². The second-order valence-corrected chi connectivity index (χ2v) is 9.03. The van der Waals surface area contributed by atoms with Crippen molar-refractivity contribution in [2.45, 2.75) is 39.2 Å². The fraction of sp³-hybridized carbons (Fsp3) is 0.310. The van der Waals surface area contributed by atoms with E-state index in [1.807, 2.05) is 25.4 Å². The van der Waals surface area contributed by atoms with E-state index in [1.165, 1.54) is 22.3 Å². The smallest absolute Gasteiger partial charge is 0.129 e. The molecule has 4 nitrogen and oxygen atoms in total. The van der Waals surface area contributed by atoms with Crippen LogP contribution < -0.4 is 5.73 Å². The quantitative estimate of drug-likeness (QED) is 0.471. The normalized spacial score (nSPS) is 20.4. The van der Waals surface area contributed by atoms with Gasteiger partial charge < -0.3 is 10.6 Å². The van der Waals surface area contributed by atoms with Gasteiger partial charge in [0.2, 0.25) is 0 Å². The Hall–Kier alpha value is -3.24. The zero-order chi connectivity index (χ0) is 23.3. The van der Waals surface area contributed by atoms with Gasteiger partial charge in [0.15, 0.2) is 0 Å². The zero-order valence-electron chi connectivity index (χ0n) is 19.7. The van der Waals surface area contributed by atoms with E-state index < -0.39 is 0 Å². The molecular weight excluding hydrogens is 404 g/mol. The van der Waals surface area contributed by atoms with Crippen molar-refractivity contribution in [2.75, 3.05) is 13.1 Å². The highest BCUT2D eigenvalue weighted by Gasteiger charge is 2.45. The molecule has 4 heteroatoms. The average Bonchev–Trinajstić information content (AvgIpc) is 3.10. The van der Waals surface area contributed by atoms with Crippen LogP contribution in [0.25, 0.3) is 6.08 Å². The summed E-state index contributed by atoms with van der Waals surface area (Å²) in [6.07, 6.45) is 14.7. The number of benzene rings is 2. The molecule has 4 rings (SSSR count). The van der Waals surface area contributed by atoms with Gasteiger partial charge in [-0.05, 0) is 72.4 Å². The van der Waals surface area contributed by atoms with E-state index in [0.717, 1.165) is 43.8 Å². The Morgan fingerprint density at radius 2 is 1.88 bits per heavy atom. The molecule has 1 saturated heterocycles. The SMILES string of the molecule is C=CN=C(/C=C/N=Cc1cccc(/C=C/C)c1C)N1CCC2(CC1)Cc1ccccc1[C@H]2N. The van der Waals surface area contributed by atoms with Crippen molar-refractivity contribution >= 4 is 18.1 Å². The van der Waals surface area contributed by atoms with Crippen LogP contribution in [0.2, 0.25) is 0 Å². The molecule has 2 aromatic rings. The predicted octanol–water partition coefficient (Wildman–Crippen LogP) is 5.84. The second kappa shape index (κ2) is 10.1. The van der Waals surface area contributed by atoms with Gasteiger partial charge in [-0.15, -0.1) is 0 Å². The first-order valence-electron chi connectivity index (χ1n) is 11.8. The number of likely N-dealkylation sites (tertiary alicyclic amines) is 1. The molecule has 1 spiro atoms. The van der Waals surface area contributed by atoms with Crippen LogP contribution in [-0.2, 0) is 6.42 Å². The standard InChI is InChI=1S/C29H34N4/c1-4-9-23-11-8-12-25(22(23)3)21-31-17-14-27(32-5-2)33-18-15-29(16-19-33)20-24-10-6-7-13-26(24)28(29)30/h4-14,17,21,28H,2,15-16,18-20,30H2,1,3H3/b9-4+,17-14+,31-21?,32-27?/t28-/m1/s1. The lowest BCUT2D eigenvalue weighted by molar-refractivity contribution is 0.128. The van der Waals surface area contributed by atoms with Gasteiger partial charge in [-0.3, -0.25) is 4.99 Å². The van der Waals surface area contributed by atoms with Crippen molar-refractivity contribution in [1.82, 2.24) is 4.90 Å². The Balaban J connectivity index is 1.42. The molecule has 0 unspecified atom stereocenters. The van der Waals surface area contributed by atoms with E-state index in [4.69, 9.17) is 5.73 Å². The van der Waals surface area contributed by atoms with Crippen LogP contribution in [0.15, 0.2) is 83.6 Å². The molecule has 0 bridgehead atoms. The lowest BCUT2D eigenvalue weighted by Crippen LogP contribution is -2.46. The molecule has 1 aliphatic carbocycles. The Labute approximate surface area is 198 Å². The van der Waals surface area contributed by atoms with Gasteiger partial charge in [-0.25, -0.2) is 4.99 Å². The maximum Gasteiger partial charge on any atom is 0.129 e. The molecule has 0 aromatic heterocycles. The van der Waals surface area contributed by atoms with E-state index >= 15 is 0 Å². The molecule has 2 aromatic carbocycles. The lowest BCUT2D eigenvalue weighted by Gasteiger charge is -2.42. The summed E-state index contributed by atoms with van der Waals surface area (Å²) in [7, 11) is 0. The largest absolute Gasteiger partial charge is 0.357 e. The van der Waals surface area contributed by atoms with E-state index in [0.29, 0.717) is 0 Å². The number of piperidine rings is 1. The first kappa shape index (κ1) is 22.9. The van der Waals surface area contributed by atoms with Crippen LogP contribution in [-0.4, -0.2) is 30.0 Å². The second-order valence-electron chi connectivity index (χ2n) is 9.03. The molecule has 33 heavy (non-hydrogen) atoms. The number of rotatable bonds is 5. The van der Waals surface area contributed by atoms with Crippen LogP contribution in [0.5, 0.6) is 0 Å². The van der Waals surface area contributed by atoms with E-state index in [1.54, 1.807) is 6.20 Å². The first-order valence-corrected chi connectivity index (χ1v) is 11.8. The van der Waals surface area contributed by atoms with Crippen molar-refractivity contribution in [3.05, 3.63) is 101 Å². The summed E-state index contributed by atoms with van der Waals surface area (Å²) in [5, 5.41) is 0. The minimum atomic E-state index is 0.123. The molecule has 2 N–H and O–H groups in total. The minimum absolute atomic E-state index is 0.123. The van der Waals surface area contributed by atoms with Crippen LogP contribution in [0.1, 0.15) is 53.6 Å². The number of nitrogens with zero attached hydrogens (tertiary/aromatic N) is 3. The summed E-state index contributed by atoms with van der Waals surface area (Å²) in [4.78, 5) is 11.4. The third kappa shape index (κ3) is 4.76. The summed E-state index contributed by atoms with van der Waals surface area (Å²) in [6, 6.07) is 15.1. The molecule has 0 radical (unpaired) electrons. The van der Waals surface area contributed by atoms with E-state index in [2.05, 4.69) is 83.0 Å². The van der Waals surface area contributed by atoms with Crippen LogP contribution in [0.4, 0.5) is 0 Å². The van der Waals surface area contributed by atoms with Crippen molar-refractivity contribution < 1.29 is 0 Å². The minimum Gasteiger partial charge on any atom is -0.357 e. The zero-order valence-corrected chi connectivity index (χ0v) is 19.7. The summed E-state index contributed by atoms with van der Waals surface area (Å²) in [5.41, 5.74) is 13.2. The average molecular weight is 439 g/mol. The molecular formula is C29H34N4. The van der Waals surface area contributed by atoms with Gasteiger partial charge in [-0.1, -0.05) is 61.2 Å². The molecule has 2 aliphatic rings. The van der Waals surface area contributed by atoms with Gasteiger partial charge >= 0.3 is 0 Å². The number of hydrogen-bond acceptors (Lipinski definition) is 3. The third-order valence-electron chi connectivity index (χ3n) is 7.19. The molecule has 1 aliphatic heterocycles. The fourth-order valence-corrected chi connectivity index (χ4v) is 5.22. The van der Waals surface area contributed by atoms with Gasteiger partial charge in [-0.2, -0.15) is 0 Å². The van der Waals surface area contributed by atoms with Gasteiger partial charge in [0.1, 0.15) is 5.84 Å². The van der Waals surface area contributed by atoms with Gasteiger partial charge in [0.25, 0.3) is 0 Å². The van der Waals surface area contributed by atoms with Crippen molar-refractivity contribution in [2.24, 2.45) is 21.1 Å². The highest BCUT2D eigenvalue weighted by atomic mass is 15.2. The number of amidine groups is 1. The maximum atomic E-state index is 6.73. The number of hydrogen-bond donors (Lipinski definition) is 1. The number of fused-ring (bicyclic) bond motifs is 1. The summed E-state index contributed by atoms with van der Waals surface area (Å²) < 4.78 is 0. The van der Waals surface area contributed by atoms with E-state index in [9.17, 15) is 0 Å². The number of aliphatic imine (C=N–C) groups is 2. The molecule has 1 atom stereocenters. The Morgan fingerprint density at radius 1 is 1.12 bits per heavy atom.